The van der Waals surface area contributed by atoms with Crippen molar-refractivity contribution in [2.24, 2.45) is 5.92 Å². The summed E-state index contributed by atoms with van der Waals surface area (Å²) in [6, 6.07) is 9.12. The lowest BCUT2D eigenvalue weighted by Crippen LogP contribution is -2.34. The van der Waals surface area contributed by atoms with Gasteiger partial charge in [-0.1, -0.05) is 39.0 Å². The third-order valence-corrected chi connectivity index (χ3v) is 4.09. The van der Waals surface area contributed by atoms with Crippen LogP contribution in [0.2, 0.25) is 0 Å². The van der Waals surface area contributed by atoms with Crippen LogP contribution in [0.25, 0.3) is 0 Å². The molecule has 1 heterocycles. The molecule has 2 nitrogen and oxygen atoms in total. The fourth-order valence-electron chi connectivity index (χ4n) is 2.85. The predicted octanol–water partition coefficient (Wildman–Crippen LogP) is 3.97. The molecule has 2 rings (SSSR count). The fraction of sp³-hybridized carbons (Fsp3) is 0.647. The lowest BCUT2D eigenvalue weighted by atomic mass is 9.91. The number of ether oxygens (including phenoxy) is 1. The zero-order chi connectivity index (χ0) is 13.7. The van der Waals surface area contributed by atoms with Crippen LogP contribution in [-0.2, 0) is 0 Å². The highest BCUT2D eigenvalue weighted by Gasteiger charge is 2.24. The lowest BCUT2D eigenvalue weighted by molar-refractivity contribution is 0.305. The maximum atomic E-state index is 5.76. The average Bonchev–Trinajstić information content (AvgIpc) is 2.82. The van der Waals surface area contributed by atoms with Crippen molar-refractivity contribution in [3.63, 3.8) is 0 Å². The van der Waals surface area contributed by atoms with Crippen molar-refractivity contribution in [2.45, 2.75) is 52.0 Å². The number of rotatable bonds is 7. The molecule has 0 spiro atoms. The quantitative estimate of drug-likeness (QED) is 0.802. The van der Waals surface area contributed by atoms with Gasteiger partial charge in [0.15, 0.2) is 0 Å². The van der Waals surface area contributed by atoms with Crippen LogP contribution in [0, 0.1) is 5.92 Å². The van der Waals surface area contributed by atoms with Crippen molar-refractivity contribution < 1.29 is 4.74 Å². The summed E-state index contributed by atoms with van der Waals surface area (Å²) in [5.74, 6) is 2.38. The minimum Gasteiger partial charge on any atom is -0.493 e. The molecule has 106 valence electrons. The molecule has 0 bridgehead atoms. The van der Waals surface area contributed by atoms with E-state index in [-0.39, 0.29) is 0 Å². The topological polar surface area (TPSA) is 21.3 Å². The molecule has 2 atom stereocenters. The summed E-state index contributed by atoms with van der Waals surface area (Å²) < 4.78 is 5.76. The molecule has 0 aliphatic carbocycles. The second kappa shape index (κ2) is 6.95. The van der Waals surface area contributed by atoms with Crippen molar-refractivity contribution in [1.29, 1.82) is 0 Å². The monoisotopic (exact) mass is 261 g/mol. The first-order valence-corrected chi connectivity index (χ1v) is 7.67. The number of fused-ring (bicyclic) bond motifs is 1. The molecule has 0 radical (unpaired) electrons. The van der Waals surface area contributed by atoms with Crippen LogP contribution in [0.1, 0.15) is 51.5 Å². The van der Waals surface area contributed by atoms with Gasteiger partial charge in [-0.25, -0.2) is 0 Å². The Bertz CT molecular complexity index is 389. The van der Waals surface area contributed by atoms with E-state index in [0.717, 1.165) is 18.9 Å². The summed E-state index contributed by atoms with van der Waals surface area (Å²) in [5.41, 5.74) is 1.40. The molecule has 0 saturated heterocycles. The van der Waals surface area contributed by atoms with E-state index in [4.69, 9.17) is 4.74 Å². The van der Waals surface area contributed by atoms with Gasteiger partial charge in [-0.05, 0) is 37.8 Å². The fourth-order valence-corrected chi connectivity index (χ4v) is 2.85. The van der Waals surface area contributed by atoms with Crippen molar-refractivity contribution in [2.75, 3.05) is 13.2 Å². The third-order valence-electron chi connectivity index (χ3n) is 4.09. The van der Waals surface area contributed by atoms with E-state index >= 15 is 0 Å². The summed E-state index contributed by atoms with van der Waals surface area (Å²) in [6.45, 7) is 8.84. The molecule has 0 saturated carbocycles. The molecule has 0 amide bonds. The van der Waals surface area contributed by atoms with Gasteiger partial charge >= 0.3 is 0 Å². The van der Waals surface area contributed by atoms with Crippen LogP contribution >= 0.6 is 0 Å². The van der Waals surface area contributed by atoms with Crippen LogP contribution in [-0.4, -0.2) is 19.2 Å². The number of benzene rings is 1. The number of hydrogen-bond acceptors (Lipinski definition) is 2. The molecule has 0 aromatic heterocycles. The van der Waals surface area contributed by atoms with Gasteiger partial charge in [-0.15, -0.1) is 0 Å². The van der Waals surface area contributed by atoms with E-state index in [1.54, 1.807) is 0 Å². The molecule has 2 heteroatoms. The number of para-hydroxylation sites is 1. The van der Waals surface area contributed by atoms with Crippen molar-refractivity contribution in [1.82, 2.24) is 5.32 Å². The number of hydrogen-bond donors (Lipinski definition) is 1. The second-order valence-electron chi connectivity index (χ2n) is 5.93. The van der Waals surface area contributed by atoms with E-state index in [9.17, 15) is 0 Å². The maximum absolute atomic E-state index is 5.76. The molecule has 1 aromatic carbocycles. The van der Waals surface area contributed by atoms with Crippen molar-refractivity contribution in [3.05, 3.63) is 29.8 Å². The van der Waals surface area contributed by atoms with Crippen LogP contribution < -0.4 is 10.1 Å². The summed E-state index contributed by atoms with van der Waals surface area (Å²) in [6.07, 6.45) is 3.66. The molecule has 1 aliphatic rings. The van der Waals surface area contributed by atoms with Crippen LogP contribution in [0.5, 0.6) is 5.75 Å². The van der Waals surface area contributed by atoms with Crippen LogP contribution in [0.15, 0.2) is 24.3 Å². The molecule has 19 heavy (non-hydrogen) atoms. The summed E-state index contributed by atoms with van der Waals surface area (Å²) in [5, 5.41) is 3.68. The lowest BCUT2D eigenvalue weighted by Gasteiger charge is -2.23. The molecular formula is C17H27NO. The summed E-state index contributed by atoms with van der Waals surface area (Å²) >= 11 is 0. The van der Waals surface area contributed by atoms with Gasteiger partial charge in [0.2, 0.25) is 0 Å². The van der Waals surface area contributed by atoms with Crippen LogP contribution in [0.4, 0.5) is 0 Å². The van der Waals surface area contributed by atoms with E-state index < -0.39 is 0 Å². The highest BCUT2D eigenvalue weighted by atomic mass is 16.5. The SMILES string of the molecule is CCCNC(CCC1COc2ccccc21)C(C)C. The Hall–Kier alpha value is -1.02. The van der Waals surface area contributed by atoms with Gasteiger partial charge < -0.3 is 10.1 Å². The molecule has 0 fully saturated rings. The van der Waals surface area contributed by atoms with E-state index in [0.29, 0.717) is 17.9 Å². The molecule has 2 unspecified atom stereocenters. The van der Waals surface area contributed by atoms with Crippen LogP contribution in [0.3, 0.4) is 0 Å². The largest absolute Gasteiger partial charge is 0.493 e. The Kier molecular flexibility index (Phi) is 5.26. The normalized spacial score (nSPS) is 19.3. The number of nitrogens with one attached hydrogen (secondary N) is 1. The molecular weight excluding hydrogens is 234 g/mol. The summed E-state index contributed by atoms with van der Waals surface area (Å²) in [4.78, 5) is 0. The molecule has 1 aromatic rings. The molecule has 1 N–H and O–H groups in total. The van der Waals surface area contributed by atoms with Gasteiger partial charge in [0.1, 0.15) is 5.75 Å². The standard InChI is InChI=1S/C17H27NO/c1-4-11-18-16(13(2)3)10-9-14-12-19-17-8-6-5-7-15(14)17/h5-8,13-14,16,18H,4,9-12H2,1-3H3. The minimum atomic E-state index is 0.584. The van der Waals surface area contributed by atoms with Gasteiger partial charge in [0, 0.05) is 17.5 Å². The third kappa shape index (κ3) is 3.73. The van der Waals surface area contributed by atoms with Gasteiger partial charge in [-0.3, -0.25) is 0 Å². The zero-order valence-electron chi connectivity index (χ0n) is 12.5. The Morgan fingerprint density at radius 3 is 2.84 bits per heavy atom. The van der Waals surface area contributed by atoms with Gasteiger partial charge in [0.25, 0.3) is 0 Å². The Morgan fingerprint density at radius 1 is 1.32 bits per heavy atom. The van der Waals surface area contributed by atoms with Gasteiger partial charge in [-0.2, -0.15) is 0 Å². The molecule has 1 aliphatic heterocycles. The summed E-state index contributed by atoms with van der Waals surface area (Å²) in [7, 11) is 0. The maximum Gasteiger partial charge on any atom is 0.122 e. The zero-order valence-corrected chi connectivity index (χ0v) is 12.5. The predicted molar refractivity (Wildman–Crippen MR) is 80.8 cm³/mol. The second-order valence-corrected chi connectivity index (χ2v) is 5.93. The first-order valence-electron chi connectivity index (χ1n) is 7.67. The van der Waals surface area contributed by atoms with Gasteiger partial charge in [0.05, 0.1) is 6.61 Å². The highest BCUT2D eigenvalue weighted by molar-refractivity contribution is 5.39. The first kappa shape index (κ1) is 14.4. The highest BCUT2D eigenvalue weighted by Crippen LogP contribution is 2.36. The van der Waals surface area contributed by atoms with Crippen molar-refractivity contribution >= 4 is 0 Å². The van der Waals surface area contributed by atoms with E-state index in [1.807, 2.05) is 0 Å². The minimum absolute atomic E-state index is 0.584. The average molecular weight is 261 g/mol. The first-order chi connectivity index (χ1) is 9.22. The Balaban J connectivity index is 1.88. The Labute approximate surface area is 117 Å². The smallest absolute Gasteiger partial charge is 0.122 e. The van der Waals surface area contributed by atoms with E-state index in [1.165, 1.54) is 24.8 Å². The van der Waals surface area contributed by atoms with Crippen molar-refractivity contribution in [3.8, 4) is 5.75 Å². The Morgan fingerprint density at radius 2 is 2.11 bits per heavy atom. The van der Waals surface area contributed by atoms with E-state index in [2.05, 4.69) is 50.4 Å².